The summed E-state index contributed by atoms with van der Waals surface area (Å²) in [6.45, 7) is 8.83. The van der Waals surface area contributed by atoms with Gasteiger partial charge in [-0.3, -0.25) is 4.99 Å². The first-order chi connectivity index (χ1) is 11.7. The number of nitrogens with one attached hydrogen (secondary N) is 2. The summed E-state index contributed by atoms with van der Waals surface area (Å²) in [4.78, 5) is 10.8. The van der Waals surface area contributed by atoms with Gasteiger partial charge in [-0.05, 0) is 38.1 Å². The Bertz CT molecular complexity index is 681. The summed E-state index contributed by atoms with van der Waals surface area (Å²) in [5.41, 5.74) is 0. The van der Waals surface area contributed by atoms with Crippen LogP contribution in [0.2, 0.25) is 0 Å². The minimum Gasteiger partial charge on any atom is -0.357 e. The molecular weight excluding hydrogens is 447 g/mol. The average Bonchev–Trinajstić information content (AvgIpc) is 3.21. The fourth-order valence-electron chi connectivity index (χ4n) is 2.98. The Kier molecular flexibility index (Phi) is 7.67. The van der Waals surface area contributed by atoms with Crippen molar-refractivity contribution >= 4 is 41.3 Å². The molecular formula is C17H27IN6S. The summed E-state index contributed by atoms with van der Waals surface area (Å²) < 4.78 is 2.02. The predicted molar refractivity (Wildman–Crippen MR) is 114 cm³/mol. The summed E-state index contributed by atoms with van der Waals surface area (Å²) in [5.74, 6) is 3.15. The van der Waals surface area contributed by atoms with Crippen LogP contribution >= 0.6 is 35.3 Å². The Morgan fingerprint density at radius 2 is 2.36 bits per heavy atom. The third-order valence-corrected chi connectivity index (χ3v) is 5.29. The standard InChI is InChI=1S/C17H26N6S.HI/c1-4-18-17(19-11-12(2)15-8-6-10-24-15)21-14-7-5-9-23-16(14)20-13(3)22-23;/h6,8,10,12,14H,4-5,7,9,11H2,1-3H3,(H2,18,19,21);1H. The molecule has 0 aliphatic carbocycles. The molecule has 0 radical (unpaired) electrons. The smallest absolute Gasteiger partial charge is 0.191 e. The highest BCUT2D eigenvalue weighted by Gasteiger charge is 2.24. The van der Waals surface area contributed by atoms with E-state index >= 15 is 0 Å². The molecule has 0 aromatic carbocycles. The van der Waals surface area contributed by atoms with Crippen LogP contribution in [0.3, 0.4) is 0 Å². The van der Waals surface area contributed by atoms with E-state index in [1.165, 1.54) is 4.88 Å². The molecule has 0 saturated carbocycles. The molecule has 2 unspecified atom stereocenters. The van der Waals surface area contributed by atoms with Crippen LogP contribution in [0, 0.1) is 6.92 Å². The lowest BCUT2D eigenvalue weighted by molar-refractivity contribution is 0.397. The van der Waals surface area contributed by atoms with Crippen LogP contribution in [0.15, 0.2) is 22.5 Å². The van der Waals surface area contributed by atoms with Crippen LogP contribution in [-0.4, -0.2) is 33.8 Å². The van der Waals surface area contributed by atoms with Gasteiger partial charge in [0.1, 0.15) is 11.6 Å². The molecule has 3 rings (SSSR count). The molecule has 25 heavy (non-hydrogen) atoms. The van der Waals surface area contributed by atoms with Crippen molar-refractivity contribution in [1.29, 1.82) is 0 Å². The number of aromatic nitrogens is 3. The van der Waals surface area contributed by atoms with Crippen molar-refractivity contribution in [2.24, 2.45) is 4.99 Å². The van der Waals surface area contributed by atoms with E-state index in [0.717, 1.165) is 50.1 Å². The first kappa shape index (κ1) is 20.2. The molecule has 1 aliphatic rings. The Labute approximate surface area is 170 Å². The van der Waals surface area contributed by atoms with Crippen molar-refractivity contribution in [2.75, 3.05) is 13.1 Å². The summed E-state index contributed by atoms with van der Waals surface area (Å²) in [7, 11) is 0. The van der Waals surface area contributed by atoms with Crippen molar-refractivity contribution in [3.63, 3.8) is 0 Å². The van der Waals surface area contributed by atoms with Gasteiger partial charge in [0.05, 0.1) is 12.6 Å². The van der Waals surface area contributed by atoms with Crippen LogP contribution < -0.4 is 10.6 Å². The zero-order chi connectivity index (χ0) is 16.9. The van der Waals surface area contributed by atoms with Crippen molar-refractivity contribution in [3.8, 4) is 0 Å². The van der Waals surface area contributed by atoms with Gasteiger partial charge in [-0.25, -0.2) is 9.67 Å². The Balaban J connectivity index is 0.00000225. The van der Waals surface area contributed by atoms with Gasteiger partial charge in [0.2, 0.25) is 0 Å². The topological polar surface area (TPSA) is 67.1 Å². The lowest BCUT2D eigenvalue weighted by Crippen LogP contribution is -2.41. The zero-order valence-electron chi connectivity index (χ0n) is 15.0. The summed E-state index contributed by atoms with van der Waals surface area (Å²) >= 11 is 1.79. The maximum atomic E-state index is 4.79. The minimum absolute atomic E-state index is 0. The molecule has 0 saturated heterocycles. The van der Waals surface area contributed by atoms with Gasteiger partial charge in [0.15, 0.2) is 5.96 Å². The molecule has 138 valence electrons. The number of thiophene rings is 1. The molecule has 0 fully saturated rings. The van der Waals surface area contributed by atoms with Gasteiger partial charge in [-0.15, -0.1) is 35.3 Å². The van der Waals surface area contributed by atoms with Crippen LogP contribution in [0.4, 0.5) is 0 Å². The summed E-state index contributed by atoms with van der Waals surface area (Å²) in [5, 5.41) is 13.5. The highest BCUT2D eigenvalue weighted by atomic mass is 127. The Morgan fingerprint density at radius 3 is 3.08 bits per heavy atom. The first-order valence-corrected chi connectivity index (χ1v) is 9.55. The number of aryl methyl sites for hydroxylation is 2. The largest absolute Gasteiger partial charge is 0.357 e. The fraction of sp³-hybridized carbons (Fsp3) is 0.588. The molecule has 3 heterocycles. The number of hydrogen-bond donors (Lipinski definition) is 2. The maximum Gasteiger partial charge on any atom is 0.191 e. The highest BCUT2D eigenvalue weighted by molar-refractivity contribution is 14.0. The van der Waals surface area contributed by atoms with Gasteiger partial charge in [-0.2, -0.15) is 5.10 Å². The van der Waals surface area contributed by atoms with E-state index in [2.05, 4.69) is 52.1 Å². The minimum atomic E-state index is 0. The summed E-state index contributed by atoms with van der Waals surface area (Å²) in [6.07, 6.45) is 2.17. The van der Waals surface area contributed by atoms with Crippen molar-refractivity contribution in [1.82, 2.24) is 25.4 Å². The van der Waals surface area contributed by atoms with E-state index < -0.39 is 0 Å². The molecule has 0 spiro atoms. The number of fused-ring (bicyclic) bond motifs is 1. The van der Waals surface area contributed by atoms with Crippen molar-refractivity contribution < 1.29 is 0 Å². The molecule has 1 aliphatic heterocycles. The lowest BCUT2D eigenvalue weighted by Gasteiger charge is -2.25. The second-order valence-electron chi connectivity index (χ2n) is 6.22. The van der Waals surface area contributed by atoms with Gasteiger partial charge in [-0.1, -0.05) is 13.0 Å². The number of hydrogen-bond acceptors (Lipinski definition) is 4. The van der Waals surface area contributed by atoms with Crippen molar-refractivity contribution in [2.45, 2.75) is 52.1 Å². The van der Waals surface area contributed by atoms with Gasteiger partial charge < -0.3 is 10.6 Å². The SMILES string of the molecule is CCNC(=NCC(C)c1cccs1)NC1CCCn2nc(C)nc21.I. The molecule has 2 N–H and O–H groups in total. The third kappa shape index (κ3) is 5.16. The van der Waals surface area contributed by atoms with Crippen molar-refractivity contribution in [3.05, 3.63) is 34.0 Å². The molecule has 2 aromatic heterocycles. The van der Waals surface area contributed by atoms with Gasteiger partial charge >= 0.3 is 0 Å². The van der Waals surface area contributed by atoms with Gasteiger partial charge in [0, 0.05) is 23.9 Å². The van der Waals surface area contributed by atoms with E-state index in [4.69, 9.17) is 4.99 Å². The Hall–Kier alpha value is -1.16. The molecule has 6 nitrogen and oxygen atoms in total. The van der Waals surface area contributed by atoms with E-state index in [1.807, 2.05) is 11.6 Å². The summed E-state index contributed by atoms with van der Waals surface area (Å²) in [6, 6.07) is 4.45. The van der Waals surface area contributed by atoms with E-state index in [1.54, 1.807) is 11.3 Å². The van der Waals surface area contributed by atoms with Crippen LogP contribution in [0.25, 0.3) is 0 Å². The zero-order valence-corrected chi connectivity index (χ0v) is 18.2. The molecule has 0 amide bonds. The number of guanidine groups is 1. The first-order valence-electron chi connectivity index (χ1n) is 8.67. The van der Waals surface area contributed by atoms with Crippen LogP contribution in [-0.2, 0) is 6.54 Å². The predicted octanol–water partition coefficient (Wildman–Crippen LogP) is 3.46. The molecule has 8 heteroatoms. The highest BCUT2D eigenvalue weighted by Crippen LogP contribution is 2.23. The molecule has 2 aromatic rings. The number of aliphatic imine (C=N–C) groups is 1. The number of halogens is 1. The quantitative estimate of drug-likeness (QED) is 0.396. The van der Waals surface area contributed by atoms with E-state index in [9.17, 15) is 0 Å². The third-order valence-electron chi connectivity index (χ3n) is 4.19. The average molecular weight is 474 g/mol. The fourth-order valence-corrected chi connectivity index (χ4v) is 3.76. The van der Waals surface area contributed by atoms with Gasteiger partial charge in [0.25, 0.3) is 0 Å². The lowest BCUT2D eigenvalue weighted by atomic mass is 10.1. The monoisotopic (exact) mass is 474 g/mol. The molecule has 0 bridgehead atoms. The molecule has 2 atom stereocenters. The van der Waals surface area contributed by atoms with Crippen LogP contribution in [0.5, 0.6) is 0 Å². The normalized spacial score (nSPS) is 18.2. The number of nitrogens with zero attached hydrogens (tertiary/aromatic N) is 4. The van der Waals surface area contributed by atoms with Crippen LogP contribution in [0.1, 0.15) is 55.2 Å². The Morgan fingerprint density at radius 1 is 1.52 bits per heavy atom. The maximum absolute atomic E-state index is 4.79. The second-order valence-corrected chi connectivity index (χ2v) is 7.19. The van der Waals surface area contributed by atoms with E-state index in [0.29, 0.717) is 5.92 Å². The number of rotatable bonds is 5. The van der Waals surface area contributed by atoms with E-state index in [-0.39, 0.29) is 30.0 Å². The second kappa shape index (κ2) is 9.51.